The molecule has 118 valence electrons. The van der Waals surface area contributed by atoms with Crippen LogP contribution in [0.25, 0.3) is 5.69 Å². The Morgan fingerprint density at radius 1 is 1.14 bits per heavy atom. The van der Waals surface area contributed by atoms with Gasteiger partial charge in [-0.3, -0.25) is 4.90 Å². The van der Waals surface area contributed by atoms with E-state index in [2.05, 4.69) is 53.3 Å². The molecular weight excluding hydrogens is 272 g/mol. The summed E-state index contributed by atoms with van der Waals surface area (Å²) in [6.07, 6.45) is 7.69. The lowest BCUT2D eigenvalue weighted by Crippen LogP contribution is -2.29. The van der Waals surface area contributed by atoms with E-state index in [9.17, 15) is 0 Å². The average Bonchev–Trinajstić information content (AvgIpc) is 2.95. The van der Waals surface area contributed by atoms with Crippen molar-refractivity contribution >= 4 is 0 Å². The van der Waals surface area contributed by atoms with Crippen molar-refractivity contribution in [2.45, 2.75) is 31.8 Å². The van der Waals surface area contributed by atoms with Gasteiger partial charge in [-0.05, 0) is 70.2 Å². The second kappa shape index (κ2) is 7.07. The van der Waals surface area contributed by atoms with Gasteiger partial charge in [-0.25, -0.2) is 4.68 Å². The average molecular weight is 298 g/mol. The molecule has 22 heavy (non-hydrogen) atoms. The normalized spacial score (nSPS) is 20.2. The fraction of sp³-hybridized carbons (Fsp3) is 0.500. The molecule has 1 fully saturated rings. The Labute approximate surface area is 133 Å². The van der Waals surface area contributed by atoms with Gasteiger partial charge in [-0.1, -0.05) is 12.1 Å². The van der Waals surface area contributed by atoms with E-state index in [-0.39, 0.29) is 0 Å². The highest BCUT2D eigenvalue weighted by Gasteiger charge is 2.18. The minimum Gasteiger partial charge on any atom is -0.306 e. The van der Waals surface area contributed by atoms with E-state index in [1.807, 2.05) is 23.1 Å². The van der Waals surface area contributed by atoms with Crippen LogP contribution in [0.2, 0.25) is 0 Å². The van der Waals surface area contributed by atoms with Gasteiger partial charge in [0.1, 0.15) is 0 Å². The van der Waals surface area contributed by atoms with Crippen molar-refractivity contribution in [3.63, 3.8) is 0 Å². The first-order chi connectivity index (χ1) is 10.7. The molecule has 0 N–H and O–H groups in total. The molecule has 0 saturated carbocycles. The number of aromatic nitrogens is 2. The lowest BCUT2D eigenvalue weighted by molar-refractivity contribution is 0.245. The van der Waals surface area contributed by atoms with Gasteiger partial charge in [0.15, 0.2) is 0 Å². The first kappa shape index (κ1) is 15.3. The molecule has 2 heterocycles. The Kier molecular flexibility index (Phi) is 4.90. The minimum absolute atomic E-state index is 0.743. The highest BCUT2D eigenvalue weighted by atomic mass is 15.3. The number of likely N-dealkylation sites (tertiary alicyclic amines) is 1. The number of rotatable bonds is 4. The van der Waals surface area contributed by atoms with Gasteiger partial charge in [0.2, 0.25) is 0 Å². The van der Waals surface area contributed by atoms with Crippen LogP contribution < -0.4 is 0 Å². The van der Waals surface area contributed by atoms with E-state index < -0.39 is 0 Å². The molecule has 1 aliphatic rings. The Morgan fingerprint density at radius 2 is 1.95 bits per heavy atom. The van der Waals surface area contributed by atoms with Crippen LogP contribution in [-0.4, -0.2) is 52.8 Å². The Hall–Kier alpha value is -1.65. The van der Waals surface area contributed by atoms with Crippen molar-refractivity contribution < 1.29 is 0 Å². The number of benzene rings is 1. The molecule has 0 radical (unpaired) electrons. The van der Waals surface area contributed by atoms with Crippen molar-refractivity contribution in [2.75, 3.05) is 27.2 Å². The van der Waals surface area contributed by atoms with E-state index in [0.29, 0.717) is 0 Å². The van der Waals surface area contributed by atoms with E-state index in [0.717, 1.165) is 18.3 Å². The highest BCUT2D eigenvalue weighted by Crippen LogP contribution is 2.17. The van der Waals surface area contributed by atoms with Crippen molar-refractivity contribution in [3.8, 4) is 5.69 Å². The number of hydrogen-bond acceptors (Lipinski definition) is 3. The molecule has 4 nitrogen and oxygen atoms in total. The van der Waals surface area contributed by atoms with E-state index in [1.54, 1.807) is 0 Å². The maximum atomic E-state index is 4.27. The molecule has 0 spiro atoms. The summed E-state index contributed by atoms with van der Waals surface area (Å²) < 4.78 is 1.90. The van der Waals surface area contributed by atoms with Gasteiger partial charge in [-0.15, -0.1) is 0 Å². The molecule has 2 aromatic rings. The maximum absolute atomic E-state index is 4.27. The molecule has 0 amide bonds. The topological polar surface area (TPSA) is 24.3 Å². The van der Waals surface area contributed by atoms with Crippen molar-refractivity contribution in [2.24, 2.45) is 0 Å². The predicted octanol–water partition coefficient (Wildman–Crippen LogP) is 2.79. The van der Waals surface area contributed by atoms with Crippen LogP contribution in [0.3, 0.4) is 0 Å². The van der Waals surface area contributed by atoms with E-state index in [4.69, 9.17) is 0 Å². The standard InChI is InChI=1S/C18H26N4/c1-20(2)17-5-3-12-21(14-10-17)15-16-6-8-18(9-7-16)22-13-4-11-19-22/h4,6-9,11,13,17H,3,5,10,12,14-15H2,1-2H3/t17-/m0/s1. The summed E-state index contributed by atoms with van der Waals surface area (Å²) in [5.74, 6) is 0. The first-order valence-electron chi connectivity index (χ1n) is 8.20. The largest absolute Gasteiger partial charge is 0.306 e. The maximum Gasteiger partial charge on any atom is 0.0645 e. The van der Waals surface area contributed by atoms with Gasteiger partial charge in [0.05, 0.1) is 5.69 Å². The third-order valence-electron chi connectivity index (χ3n) is 4.63. The third kappa shape index (κ3) is 3.76. The van der Waals surface area contributed by atoms with Gasteiger partial charge >= 0.3 is 0 Å². The molecular formula is C18H26N4. The monoisotopic (exact) mass is 298 g/mol. The Morgan fingerprint density at radius 3 is 2.64 bits per heavy atom. The SMILES string of the molecule is CN(C)[C@H]1CCCN(Cc2ccc(-n3cccn3)cc2)CC1. The summed E-state index contributed by atoms with van der Waals surface area (Å²) in [4.78, 5) is 4.97. The summed E-state index contributed by atoms with van der Waals surface area (Å²) in [6.45, 7) is 3.47. The molecule has 0 aliphatic carbocycles. The lowest BCUT2D eigenvalue weighted by Gasteiger charge is -2.23. The zero-order valence-electron chi connectivity index (χ0n) is 13.7. The molecule has 1 aromatic heterocycles. The highest BCUT2D eigenvalue weighted by molar-refractivity contribution is 5.33. The Bertz CT molecular complexity index is 559. The Balaban J connectivity index is 1.59. The fourth-order valence-electron chi connectivity index (χ4n) is 3.25. The van der Waals surface area contributed by atoms with Crippen LogP contribution in [0, 0.1) is 0 Å². The summed E-state index contributed by atoms with van der Waals surface area (Å²) >= 11 is 0. The molecule has 1 atom stereocenters. The summed E-state index contributed by atoms with van der Waals surface area (Å²) in [5, 5.41) is 4.27. The first-order valence-corrected chi connectivity index (χ1v) is 8.20. The van der Waals surface area contributed by atoms with Crippen molar-refractivity contribution in [3.05, 3.63) is 48.3 Å². The second-order valence-corrected chi connectivity index (χ2v) is 6.44. The molecule has 1 saturated heterocycles. The number of hydrogen-bond donors (Lipinski definition) is 0. The smallest absolute Gasteiger partial charge is 0.0645 e. The molecule has 3 rings (SSSR count). The van der Waals surface area contributed by atoms with Crippen LogP contribution in [0.4, 0.5) is 0 Å². The van der Waals surface area contributed by atoms with Crippen LogP contribution in [-0.2, 0) is 6.54 Å². The van der Waals surface area contributed by atoms with E-state index in [1.165, 1.54) is 37.9 Å². The molecule has 0 bridgehead atoms. The van der Waals surface area contributed by atoms with Crippen LogP contribution in [0.1, 0.15) is 24.8 Å². The van der Waals surface area contributed by atoms with Gasteiger partial charge in [0.25, 0.3) is 0 Å². The lowest BCUT2D eigenvalue weighted by atomic mass is 10.1. The zero-order chi connectivity index (χ0) is 15.4. The summed E-state index contributed by atoms with van der Waals surface area (Å²) in [6, 6.07) is 11.5. The number of nitrogens with zero attached hydrogens (tertiary/aromatic N) is 4. The molecule has 0 unspecified atom stereocenters. The molecule has 4 heteroatoms. The summed E-state index contributed by atoms with van der Waals surface area (Å²) in [7, 11) is 4.41. The third-order valence-corrected chi connectivity index (χ3v) is 4.63. The van der Waals surface area contributed by atoms with Crippen LogP contribution >= 0.6 is 0 Å². The zero-order valence-corrected chi connectivity index (χ0v) is 13.7. The minimum atomic E-state index is 0.743. The van der Waals surface area contributed by atoms with Crippen molar-refractivity contribution in [1.82, 2.24) is 19.6 Å². The van der Waals surface area contributed by atoms with E-state index >= 15 is 0 Å². The van der Waals surface area contributed by atoms with Gasteiger partial charge < -0.3 is 4.90 Å². The fourth-order valence-corrected chi connectivity index (χ4v) is 3.25. The van der Waals surface area contributed by atoms with Crippen LogP contribution in [0.15, 0.2) is 42.7 Å². The van der Waals surface area contributed by atoms with Crippen molar-refractivity contribution in [1.29, 1.82) is 0 Å². The van der Waals surface area contributed by atoms with Crippen LogP contribution in [0.5, 0.6) is 0 Å². The predicted molar refractivity (Wildman–Crippen MR) is 90.2 cm³/mol. The van der Waals surface area contributed by atoms with Gasteiger partial charge in [0, 0.05) is 25.0 Å². The summed E-state index contributed by atoms with van der Waals surface area (Å²) in [5.41, 5.74) is 2.51. The second-order valence-electron chi connectivity index (χ2n) is 6.44. The van der Waals surface area contributed by atoms with Gasteiger partial charge in [-0.2, -0.15) is 5.10 Å². The molecule has 1 aromatic carbocycles. The quantitative estimate of drug-likeness (QED) is 0.867. The molecule has 1 aliphatic heterocycles.